The first kappa shape index (κ1) is 76.2. The molecule has 12 aromatic heterocycles. The van der Waals surface area contributed by atoms with E-state index in [4.69, 9.17) is 6.57 Å². The van der Waals surface area contributed by atoms with Gasteiger partial charge in [-0.25, -0.2) is 84.5 Å². The summed E-state index contributed by atoms with van der Waals surface area (Å²) in [4.78, 5) is 93.1. The van der Waals surface area contributed by atoms with Gasteiger partial charge in [0.15, 0.2) is 5.69 Å². The van der Waals surface area contributed by atoms with Gasteiger partial charge < -0.3 is 45.8 Å². The lowest BCUT2D eigenvalue weighted by Gasteiger charge is -2.12. The molecule has 0 atom stereocenters. The molecule has 0 unspecified atom stereocenters. The average Bonchev–Trinajstić information content (AvgIpc) is 1.69. The molecule has 113 heavy (non-hydrogen) atoms. The van der Waals surface area contributed by atoms with Crippen LogP contribution in [-0.4, -0.2) is 112 Å². The number of aryl methyl sites for hydroxylation is 4. The van der Waals surface area contributed by atoms with Gasteiger partial charge in [-0.1, -0.05) is 60.7 Å². The molecule has 570 valence electrons. The second kappa shape index (κ2) is 32.4. The number of pyridine rings is 4. The van der Waals surface area contributed by atoms with Crippen LogP contribution < -0.4 is 21.3 Å². The number of H-pyrrole nitrogens is 4. The lowest BCUT2D eigenvalue weighted by Crippen LogP contribution is -2.19. The van der Waals surface area contributed by atoms with Gasteiger partial charge in [-0.2, -0.15) is 28.5 Å². The number of aromatic nitrogens is 18. The van der Waals surface area contributed by atoms with Crippen molar-refractivity contribution in [3.05, 3.63) is 258 Å². The summed E-state index contributed by atoms with van der Waals surface area (Å²) in [7, 11) is 4.92. The van der Waals surface area contributed by atoms with Crippen molar-refractivity contribution in [1.29, 1.82) is 0 Å². The maximum absolute atomic E-state index is 13.6. The SMILES string of the molecule is CCn1ncnc1C(=O)Nc1ccc2cc(-c3ccccc3C(F)F)[nH]c2n1.Cn1cccc1C(=O)Nc1ccc2cc(-c3ccccc3C(F)F)[nH]c2n1.Cn1ncnc1C(=O)Nc1ccc2cc(-c3cc(F)ccc3C(F)F)[nH]c2n1.[C-]#[N+]c1ccc(C(F)(F)F)c(-c2cc3ccc(NC(=O)c4ncnn4C)nc3[nH]2)c1. The summed E-state index contributed by atoms with van der Waals surface area (Å²) >= 11 is 0. The molecule has 16 rings (SSSR count). The molecule has 16 aromatic rings. The number of alkyl halides is 9. The van der Waals surface area contributed by atoms with E-state index in [1.54, 1.807) is 141 Å². The summed E-state index contributed by atoms with van der Waals surface area (Å²) in [5, 5.41) is 24.9. The van der Waals surface area contributed by atoms with E-state index in [1.165, 1.54) is 63.4 Å². The number of carbonyl (C=O) groups is 4. The van der Waals surface area contributed by atoms with Crippen molar-refractivity contribution in [2.24, 2.45) is 21.1 Å². The van der Waals surface area contributed by atoms with Gasteiger partial charge in [0.1, 0.15) is 76.4 Å². The summed E-state index contributed by atoms with van der Waals surface area (Å²) < 4.78 is 139. The topological polar surface area (TPSA) is 333 Å². The minimum atomic E-state index is -4.59. The van der Waals surface area contributed by atoms with Crippen LogP contribution in [0.1, 0.15) is 90.8 Å². The number of fused-ring (bicyclic) bond motifs is 4. The molecule has 0 bridgehead atoms. The summed E-state index contributed by atoms with van der Waals surface area (Å²) in [5.41, 5.74) is 3.27. The fourth-order valence-electron chi connectivity index (χ4n) is 11.8. The predicted molar refractivity (Wildman–Crippen MR) is 397 cm³/mol. The van der Waals surface area contributed by atoms with E-state index in [0.29, 0.717) is 79.8 Å². The number of carbonyl (C=O) groups excluding carboxylic acids is 4. The molecule has 0 radical (unpaired) electrons. The monoisotopic (exact) mass is 1550 g/mol. The molecule has 0 aliphatic heterocycles. The van der Waals surface area contributed by atoms with Crippen LogP contribution in [0, 0.1) is 12.4 Å². The highest BCUT2D eigenvalue weighted by Gasteiger charge is 2.34. The van der Waals surface area contributed by atoms with Gasteiger partial charge in [0.2, 0.25) is 17.5 Å². The Hall–Kier alpha value is -15.0. The highest BCUT2D eigenvalue weighted by Crippen LogP contribution is 2.41. The Morgan fingerprint density at radius 3 is 1.25 bits per heavy atom. The van der Waals surface area contributed by atoms with Gasteiger partial charge in [-0.05, 0) is 122 Å². The van der Waals surface area contributed by atoms with Gasteiger partial charge in [-0.15, -0.1) is 0 Å². The van der Waals surface area contributed by atoms with Crippen molar-refractivity contribution >= 4 is 96.7 Å². The highest BCUT2D eigenvalue weighted by atomic mass is 19.4. The third kappa shape index (κ3) is 17.0. The number of benzene rings is 4. The third-order valence-electron chi connectivity index (χ3n) is 17.2. The van der Waals surface area contributed by atoms with E-state index in [0.717, 1.165) is 41.1 Å². The lowest BCUT2D eigenvalue weighted by atomic mass is 10.0. The molecule has 0 aliphatic carbocycles. The number of nitrogens with one attached hydrogen (secondary N) is 8. The summed E-state index contributed by atoms with van der Waals surface area (Å²) in [6, 6.07) is 42.3. The van der Waals surface area contributed by atoms with Crippen LogP contribution in [0.15, 0.2) is 195 Å². The van der Waals surface area contributed by atoms with E-state index >= 15 is 0 Å². The Balaban J connectivity index is 0.000000132. The van der Waals surface area contributed by atoms with Crippen LogP contribution in [0.3, 0.4) is 0 Å². The van der Waals surface area contributed by atoms with Crippen molar-refractivity contribution in [1.82, 2.24) is 88.7 Å². The lowest BCUT2D eigenvalue weighted by molar-refractivity contribution is -0.137. The second-order valence-corrected chi connectivity index (χ2v) is 24.6. The molecule has 0 saturated carbocycles. The maximum Gasteiger partial charge on any atom is 0.416 e. The van der Waals surface area contributed by atoms with Gasteiger partial charge in [0.05, 0.1) is 12.1 Å². The van der Waals surface area contributed by atoms with E-state index in [9.17, 15) is 63.1 Å². The van der Waals surface area contributed by atoms with Crippen molar-refractivity contribution in [3.63, 3.8) is 0 Å². The summed E-state index contributed by atoms with van der Waals surface area (Å²) in [5.74, 6) is -0.859. The van der Waals surface area contributed by atoms with E-state index in [2.05, 4.69) is 96.2 Å². The number of nitrogens with zero attached hydrogens (tertiary/aromatic N) is 15. The number of aromatic amines is 4. The van der Waals surface area contributed by atoms with Crippen molar-refractivity contribution in [2.45, 2.75) is 38.9 Å². The van der Waals surface area contributed by atoms with Gasteiger partial charge in [0, 0.05) is 112 Å². The zero-order chi connectivity index (χ0) is 79.9. The van der Waals surface area contributed by atoms with Crippen LogP contribution >= 0.6 is 0 Å². The number of hydrogen-bond acceptors (Lipinski definition) is 14. The number of hydrogen-bond donors (Lipinski definition) is 8. The van der Waals surface area contributed by atoms with Crippen molar-refractivity contribution in [3.8, 4) is 45.0 Å². The zero-order valence-electron chi connectivity index (χ0n) is 59.0. The molecule has 0 aliphatic rings. The molecule has 12 heterocycles. The first-order valence-electron chi connectivity index (χ1n) is 33.6. The fraction of sp³-hybridized carbons (Fsp3) is 0.118. The summed E-state index contributed by atoms with van der Waals surface area (Å²) in [6.07, 6.45) is -6.91. The molecular formula is C76H57F10N23O4. The van der Waals surface area contributed by atoms with E-state index in [-0.39, 0.29) is 79.9 Å². The summed E-state index contributed by atoms with van der Waals surface area (Å²) in [6.45, 7) is 9.44. The normalized spacial score (nSPS) is 11.3. The number of rotatable bonds is 16. The molecule has 0 spiro atoms. The van der Waals surface area contributed by atoms with Gasteiger partial charge in [0.25, 0.3) is 42.9 Å². The zero-order valence-corrected chi connectivity index (χ0v) is 59.0. The molecule has 0 fully saturated rings. The van der Waals surface area contributed by atoms with Gasteiger partial charge >= 0.3 is 6.18 Å². The molecule has 0 saturated heterocycles. The van der Waals surface area contributed by atoms with Crippen molar-refractivity contribution in [2.75, 3.05) is 21.3 Å². The van der Waals surface area contributed by atoms with Crippen LogP contribution in [0.5, 0.6) is 0 Å². The predicted octanol–water partition coefficient (Wildman–Crippen LogP) is 16.7. The number of anilines is 4. The average molecular weight is 1550 g/mol. The van der Waals surface area contributed by atoms with Crippen LogP contribution in [-0.2, 0) is 33.9 Å². The Labute approximate surface area is 630 Å². The van der Waals surface area contributed by atoms with Crippen LogP contribution in [0.2, 0.25) is 0 Å². The first-order valence-corrected chi connectivity index (χ1v) is 33.6. The van der Waals surface area contributed by atoms with E-state index < -0.39 is 54.6 Å². The number of halogens is 10. The first-order chi connectivity index (χ1) is 54.3. The quantitative estimate of drug-likeness (QED) is 0.0329. The molecule has 27 nitrogen and oxygen atoms in total. The van der Waals surface area contributed by atoms with Gasteiger partial charge in [-0.3, -0.25) is 19.2 Å². The minimum Gasteiger partial charge on any atom is -0.347 e. The smallest absolute Gasteiger partial charge is 0.347 e. The standard InChI is InChI=1S/C20H16F2N4O.C19H12F3N7O.C19H16F2N6O.C18H13F3N6O/c1-26-10-4-7-16(26)20(27)25-17-9-8-12-11-15(23-19(12)24-17)13-5-2-3-6-14(13)18(21)22;1-23-11-4-5-13(19(20,21)22)12(8-11)14-7-10-3-6-15(27-16(10)26-14)28-18(30)17-24-9-25-29(17)2;1-2-27-18(22-10-23-27)19(28)26-15-8-7-11-9-14(24-17(11)25-15)12-5-3-4-6-13(12)16(20)21;1-27-17(22-8-23-27)18(28)26-14-5-2-9-6-13(24-16(9)25-14)12-7-10(19)3-4-11(12)15(20)21/h2-11,18H,1H3,(H2,23,24,25,27);3-9H,2H3,(H2,26,27,28,30);3-10,16H,2H2,1H3,(H2,24,25,26,28);2-8,15H,1H3,(H2,24,25,26,28). The maximum atomic E-state index is 13.6. The van der Waals surface area contributed by atoms with Crippen LogP contribution in [0.4, 0.5) is 72.9 Å². The Morgan fingerprint density at radius 2 is 0.850 bits per heavy atom. The molecular weight excluding hydrogens is 1490 g/mol. The Kier molecular flexibility index (Phi) is 21.9. The molecule has 8 N–H and O–H groups in total. The van der Waals surface area contributed by atoms with E-state index in [1.807, 2.05) is 6.92 Å². The van der Waals surface area contributed by atoms with Crippen molar-refractivity contribution < 1.29 is 63.1 Å². The second-order valence-electron chi connectivity index (χ2n) is 24.6. The minimum absolute atomic E-state index is 0.0405. The third-order valence-corrected chi connectivity index (χ3v) is 17.2. The Bertz CT molecular complexity index is 6280. The Morgan fingerprint density at radius 1 is 0.451 bits per heavy atom. The fourth-order valence-corrected chi connectivity index (χ4v) is 11.8. The highest BCUT2D eigenvalue weighted by molar-refractivity contribution is 6.05. The molecule has 4 aromatic carbocycles. The molecule has 4 amide bonds. The molecule has 37 heteroatoms. The largest absolute Gasteiger partial charge is 0.416 e. The van der Waals surface area contributed by atoms with Crippen LogP contribution in [0.25, 0.3) is 94.0 Å². The number of amides is 4.